The molecule has 0 amide bonds. The molecule has 0 aromatic carbocycles. The van der Waals surface area contributed by atoms with Gasteiger partial charge in [0.25, 0.3) is 0 Å². The number of carbonyl (C=O) groups excluding carboxylic acids is 1. The van der Waals surface area contributed by atoms with Gasteiger partial charge in [-0.05, 0) is 40.7 Å². The van der Waals surface area contributed by atoms with E-state index in [9.17, 15) is 9.59 Å². The molecule has 1 fully saturated rings. The molecule has 19 heavy (non-hydrogen) atoms. The molecule has 2 heterocycles. The Labute approximate surface area is 112 Å². The Morgan fingerprint density at radius 3 is 2.21 bits per heavy atom. The first-order valence-corrected chi connectivity index (χ1v) is 6.24. The topological polar surface area (TPSA) is 68.4 Å². The van der Waals surface area contributed by atoms with E-state index < -0.39 is 18.3 Å². The molecule has 6 heteroatoms. The largest absolute Gasteiger partial charge is 0.501 e. The monoisotopic (exact) mass is 263 g/mol. The first-order valence-electron chi connectivity index (χ1n) is 6.24. The van der Waals surface area contributed by atoms with Gasteiger partial charge >= 0.3 is 7.12 Å². The molecule has 1 aliphatic rings. The lowest BCUT2D eigenvalue weighted by atomic mass is 9.76. The fourth-order valence-electron chi connectivity index (χ4n) is 1.99. The van der Waals surface area contributed by atoms with Gasteiger partial charge in [0.15, 0.2) is 5.78 Å². The van der Waals surface area contributed by atoms with Gasteiger partial charge in [-0.25, -0.2) is 0 Å². The average molecular weight is 263 g/mol. The number of aromatic nitrogens is 1. The van der Waals surface area contributed by atoms with E-state index in [2.05, 4.69) is 4.98 Å². The van der Waals surface area contributed by atoms with Crippen molar-refractivity contribution in [3.63, 3.8) is 0 Å². The lowest BCUT2D eigenvalue weighted by Gasteiger charge is -2.32. The minimum Gasteiger partial charge on any atom is -0.399 e. The van der Waals surface area contributed by atoms with Gasteiger partial charge in [0.05, 0.1) is 16.7 Å². The molecule has 1 aromatic rings. The summed E-state index contributed by atoms with van der Waals surface area (Å²) < 4.78 is 11.7. The molecule has 0 aliphatic carbocycles. The second-order valence-electron chi connectivity index (χ2n) is 5.78. The van der Waals surface area contributed by atoms with E-state index in [0.29, 0.717) is 5.56 Å². The third-order valence-corrected chi connectivity index (χ3v) is 3.87. The van der Waals surface area contributed by atoms with E-state index in [1.165, 1.54) is 13.1 Å². The number of nitrogens with one attached hydrogen (secondary N) is 1. The summed E-state index contributed by atoms with van der Waals surface area (Å²) in [6, 6.07) is 1.57. The maximum Gasteiger partial charge on any atom is 0.501 e. The minimum atomic E-state index is -0.825. The van der Waals surface area contributed by atoms with Crippen LogP contribution in [0.1, 0.15) is 45.0 Å². The van der Waals surface area contributed by atoms with Crippen molar-refractivity contribution in [2.75, 3.05) is 0 Å². The van der Waals surface area contributed by atoms with Crippen LogP contribution in [0.5, 0.6) is 0 Å². The summed E-state index contributed by atoms with van der Waals surface area (Å²) in [6.45, 7) is 9.02. The quantitative estimate of drug-likeness (QED) is 0.635. The number of hydrogen-bond acceptors (Lipinski definition) is 4. The Hall–Kier alpha value is -1.40. The minimum absolute atomic E-state index is 0.184. The van der Waals surface area contributed by atoms with Gasteiger partial charge in [-0.3, -0.25) is 9.59 Å². The van der Waals surface area contributed by atoms with Gasteiger partial charge in [0.2, 0.25) is 5.56 Å². The molecule has 0 bridgehead atoms. The molecule has 1 aliphatic heterocycles. The molecule has 0 saturated carbocycles. The number of H-pyrrole nitrogens is 1. The van der Waals surface area contributed by atoms with Crippen molar-refractivity contribution in [1.29, 1.82) is 0 Å². The van der Waals surface area contributed by atoms with Crippen LogP contribution in [0, 0.1) is 0 Å². The van der Waals surface area contributed by atoms with Crippen LogP contribution in [-0.4, -0.2) is 29.1 Å². The summed E-state index contributed by atoms with van der Waals surface area (Å²) in [6.07, 6.45) is 1.45. The standard InChI is InChI=1S/C13H18BNO4/c1-8(16)9-6-7-15-11(17)10(9)14-18-12(2,3)13(4,5)19-14/h6-7H,1-5H3,(H,15,17). The summed E-state index contributed by atoms with van der Waals surface area (Å²) in [5.41, 5.74) is -0.871. The Bertz CT molecular complexity index is 560. The molecular formula is C13H18BNO4. The number of aromatic amines is 1. The first kappa shape index (κ1) is 14.0. The van der Waals surface area contributed by atoms with Crippen LogP contribution in [0.3, 0.4) is 0 Å². The number of rotatable bonds is 2. The fourth-order valence-corrected chi connectivity index (χ4v) is 1.99. The molecule has 2 rings (SSSR count). The lowest BCUT2D eigenvalue weighted by Crippen LogP contribution is -2.47. The predicted molar refractivity (Wildman–Crippen MR) is 72.8 cm³/mol. The molecule has 0 unspecified atom stereocenters. The second-order valence-corrected chi connectivity index (χ2v) is 5.78. The van der Waals surface area contributed by atoms with Gasteiger partial charge in [0, 0.05) is 11.8 Å². The molecule has 1 aromatic heterocycles. The van der Waals surface area contributed by atoms with Crippen molar-refractivity contribution < 1.29 is 14.1 Å². The zero-order valence-corrected chi connectivity index (χ0v) is 11.9. The molecule has 0 atom stereocenters. The van der Waals surface area contributed by atoms with Crippen molar-refractivity contribution in [1.82, 2.24) is 4.98 Å². The zero-order chi connectivity index (χ0) is 14.4. The number of Topliss-reactive ketones (excluding diaryl/α,β-unsaturated/α-hetero) is 1. The first-order chi connectivity index (χ1) is 8.66. The van der Waals surface area contributed by atoms with E-state index in [-0.39, 0.29) is 16.8 Å². The van der Waals surface area contributed by atoms with E-state index in [0.717, 1.165) is 0 Å². The van der Waals surface area contributed by atoms with Gasteiger partial charge in [0.1, 0.15) is 0 Å². The highest BCUT2D eigenvalue weighted by atomic mass is 16.7. The molecule has 102 valence electrons. The maximum absolute atomic E-state index is 12.0. The Morgan fingerprint density at radius 1 is 1.21 bits per heavy atom. The number of pyridine rings is 1. The maximum atomic E-state index is 12.0. The highest BCUT2D eigenvalue weighted by molar-refractivity contribution is 6.63. The molecular weight excluding hydrogens is 245 g/mol. The molecule has 1 N–H and O–H groups in total. The van der Waals surface area contributed by atoms with E-state index in [1.807, 2.05) is 27.7 Å². The van der Waals surface area contributed by atoms with Crippen LogP contribution in [-0.2, 0) is 9.31 Å². The highest BCUT2D eigenvalue weighted by Crippen LogP contribution is 2.36. The fraction of sp³-hybridized carbons (Fsp3) is 0.538. The normalized spacial score (nSPS) is 20.6. The average Bonchev–Trinajstić information content (AvgIpc) is 2.47. The van der Waals surface area contributed by atoms with Gasteiger partial charge in [-0.1, -0.05) is 0 Å². The molecule has 1 saturated heterocycles. The smallest absolute Gasteiger partial charge is 0.399 e. The SMILES string of the molecule is CC(=O)c1cc[nH]c(=O)c1B1OC(C)(C)C(C)(C)O1. The highest BCUT2D eigenvalue weighted by Gasteiger charge is 2.53. The van der Waals surface area contributed by atoms with Crippen molar-refractivity contribution in [2.45, 2.75) is 45.8 Å². The zero-order valence-electron chi connectivity index (χ0n) is 11.9. The van der Waals surface area contributed by atoms with E-state index in [4.69, 9.17) is 9.31 Å². The number of hydrogen-bond donors (Lipinski definition) is 1. The summed E-state index contributed by atoms with van der Waals surface area (Å²) in [5.74, 6) is -0.184. The Balaban J connectivity index is 2.51. The van der Waals surface area contributed by atoms with Gasteiger partial charge in [-0.2, -0.15) is 0 Å². The molecule has 5 nitrogen and oxygen atoms in total. The van der Waals surface area contributed by atoms with Gasteiger partial charge in [-0.15, -0.1) is 0 Å². The summed E-state index contributed by atoms with van der Waals surface area (Å²) in [7, 11) is -0.825. The predicted octanol–water partition coefficient (Wildman–Crippen LogP) is 0.877. The number of ketones is 1. The van der Waals surface area contributed by atoms with E-state index in [1.54, 1.807) is 6.07 Å². The van der Waals surface area contributed by atoms with Crippen LogP contribution in [0.25, 0.3) is 0 Å². The number of carbonyl (C=O) groups is 1. The van der Waals surface area contributed by atoms with Crippen molar-refractivity contribution in [3.8, 4) is 0 Å². The van der Waals surface area contributed by atoms with Gasteiger partial charge < -0.3 is 14.3 Å². The van der Waals surface area contributed by atoms with Crippen LogP contribution >= 0.6 is 0 Å². The Morgan fingerprint density at radius 2 is 1.74 bits per heavy atom. The van der Waals surface area contributed by atoms with E-state index >= 15 is 0 Å². The van der Waals surface area contributed by atoms with Crippen molar-refractivity contribution in [3.05, 3.63) is 28.2 Å². The molecule has 0 spiro atoms. The third kappa shape index (κ3) is 2.26. The van der Waals surface area contributed by atoms with Crippen LogP contribution in [0.15, 0.2) is 17.1 Å². The summed E-state index contributed by atoms with van der Waals surface area (Å²) >= 11 is 0. The summed E-state index contributed by atoms with van der Waals surface area (Å²) in [5, 5.41) is 0. The van der Waals surface area contributed by atoms with Crippen molar-refractivity contribution >= 4 is 18.4 Å². The van der Waals surface area contributed by atoms with Crippen molar-refractivity contribution in [2.24, 2.45) is 0 Å². The van der Waals surface area contributed by atoms with Crippen LogP contribution < -0.4 is 11.0 Å². The third-order valence-electron chi connectivity index (χ3n) is 3.87. The van der Waals surface area contributed by atoms with Crippen LogP contribution in [0.2, 0.25) is 0 Å². The lowest BCUT2D eigenvalue weighted by molar-refractivity contribution is 0.00578. The Kier molecular flexibility index (Phi) is 3.19. The molecule has 0 radical (unpaired) electrons. The second kappa shape index (κ2) is 4.32. The van der Waals surface area contributed by atoms with Crippen LogP contribution in [0.4, 0.5) is 0 Å². The summed E-state index contributed by atoms with van der Waals surface area (Å²) in [4.78, 5) is 26.2.